The molecule has 25 heavy (non-hydrogen) atoms. The minimum Gasteiger partial charge on any atom is -0.462 e. The number of nitrogens with zero attached hydrogens (tertiary/aromatic N) is 4. The second-order valence-corrected chi connectivity index (χ2v) is 6.57. The standard InChI is InChI=1S/C17H18N4O4/c22-17(14-9-15(14)21(23)24)25-12-5-7-20(8-6-12)16-13-4-2-1-3-11(13)10-18-19-16/h1-4,10,12,14-15H,5-9H2/t14-,15-/m0/s1. The third-order valence-electron chi connectivity index (χ3n) is 4.91. The van der Waals surface area contributed by atoms with Crippen molar-refractivity contribution < 1.29 is 14.5 Å². The Morgan fingerprint density at radius 3 is 2.76 bits per heavy atom. The van der Waals surface area contributed by atoms with Crippen molar-refractivity contribution in [3.8, 4) is 0 Å². The molecule has 0 bridgehead atoms. The minimum absolute atomic E-state index is 0.181. The number of ether oxygens (including phenoxy) is 1. The molecule has 8 heteroatoms. The fourth-order valence-corrected chi connectivity index (χ4v) is 3.35. The number of carbonyl (C=O) groups is 1. The molecule has 1 saturated heterocycles. The molecule has 1 aromatic heterocycles. The van der Waals surface area contributed by atoms with E-state index in [0.29, 0.717) is 32.4 Å². The molecule has 2 aromatic rings. The number of hydrogen-bond donors (Lipinski definition) is 0. The van der Waals surface area contributed by atoms with Crippen LogP contribution in [0.3, 0.4) is 0 Å². The molecule has 130 valence electrons. The number of anilines is 1. The first kappa shape index (κ1) is 15.7. The molecule has 0 radical (unpaired) electrons. The van der Waals surface area contributed by atoms with Gasteiger partial charge in [-0.1, -0.05) is 24.3 Å². The molecule has 1 aliphatic carbocycles. The average molecular weight is 342 g/mol. The first-order valence-electron chi connectivity index (χ1n) is 8.43. The van der Waals surface area contributed by atoms with Crippen LogP contribution in [0.4, 0.5) is 5.82 Å². The van der Waals surface area contributed by atoms with E-state index in [1.807, 2.05) is 24.3 Å². The summed E-state index contributed by atoms with van der Waals surface area (Å²) in [6.07, 6.45) is 3.24. The number of piperidine rings is 1. The highest BCUT2D eigenvalue weighted by Gasteiger charge is 2.55. The number of nitro groups is 1. The highest BCUT2D eigenvalue weighted by Crippen LogP contribution is 2.35. The predicted molar refractivity (Wildman–Crippen MR) is 89.8 cm³/mol. The van der Waals surface area contributed by atoms with Crippen molar-refractivity contribution >= 4 is 22.6 Å². The van der Waals surface area contributed by atoms with E-state index in [4.69, 9.17) is 4.74 Å². The lowest BCUT2D eigenvalue weighted by molar-refractivity contribution is -0.497. The largest absolute Gasteiger partial charge is 0.462 e. The van der Waals surface area contributed by atoms with Gasteiger partial charge in [0.25, 0.3) is 0 Å². The summed E-state index contributed by atoms with van der Waals surface area (Å²) in [4.78, 5) is 24.4. The zero-order valence-corrected chi connectivity index (χ0v) is 13.6. The summed E-state index contributed by atoms with van der Waals surface area (Å²) in [6.45, 7) is 1.42. The summed E-state index contributed by atoms with van der Waals surface area (Å²) in [5.41, 5.74) is 0. The maximum atomic E-state index is 12.0. The zero-order chi connectivity index (χ0) is 17.4. The lowest BCUT2D eigenvalue weighted by Gasteiger charge is -2.32. The quantitative estimate of drug-likeness (QED) is 0.474. The Hall–Kier alpha value is -2.77. The van der Waals surface area contributed by atoms with Gasteiger partial charge in [0, 0.05) is 48.0 Å². The Kier molecular flexibility index (Phi) is 3.95. The van der Waals surface area contributed by atoms with E-state index in [0.717, 1.165) is 16.6 Å². The van der Waals surface area contributed by atoms with Crippen LogP contribution in [-0.4, -0.2) is 46.3 Å². The van der Waals surface area contributed by atoms with Gasteiger partial charge in [-0.3, -0.25) is 14.9 Å². The molecular weight excluding hydrogens is 324 g/mol. The number of hydrogen-bond acceptors (Lipinski definition) is 7. The van der Waals surface area contributed by atoms with Gasteiger partial charge in [-0.15, -0.1) is 5.10 Å². The van der Waals surface area contributed by atoms with Gasteiger partial charge in [0.15, 0.2) is 5.82 Å². The van der Waals surface area contributed by atoms with Gasteiger partial charge in [0.1, 0.15) is 12.0 Å². The second kappa shape index (κ2) is 6.27. The van der Waals surface area contributed by atoms with Crippen LogP contribution >= 0.6 is 0 Å². The fraction of sp³-hybridized carbons (Fsp3) is 0.471. The van der Waals surface area contributed by atoms with E-state index in [1.54, 1.807) is 6.20 Å². The summed E-state index contributed by atoms with van der Waals surface area (Å²) < 4.78 is 5.46. The molecule has 8 nitrogen and oxygen atoms in total. The van der Waals surface area contributed by atoms with E-state index >= 15 is 0 Å². The number of esters is 1. The Labute approximate surface area is 143 Å². The van der Waals surface area contributed by atoms with E-state index in [9.17, 15) is 14.9 Å². The van der Waals surface area contributed by atoms with Crippen molar-refractivity contribution in [1.82, 2.24) is 10.2 Å². The third-order valence-corrected chi connectivity index (χ3v) is 4.91. The summed E-state index contributed by atoms with van der Waals surface area (Å²) in [7, 11) is 0. The molecule has 2 atom stereocenters. The smallest absolute Gasteiger partial charge is 0.316 e. The summed E-state index contributed by atoms with van der Waals surface area (Å²) >= 11 is 0. The van der Waals surface area contributed by atoms with Gasteiger partial charge in [-0.05, 0) is 0 Å². The Balaban J connectivity index is 1.37. The van der Waals surface area contributed by atoms with Gasteiger partial charge in [0.05, 0.1) is 6.20 Å². The fourth-order valence-electron chi connectivity index (χ4n) is 3.35. The van der Waals surface area contributed by atoms with Crippen LogP contribution in [0.25, 0.3) is 10.8 Å². The van der Waals surface area contributed by atoms with E-state index in [1.165, 1.54) is 0 Å². The predicted octanol–water partition coefficient (Wildman–Crippen LogP) is 1.81. The van der Waals surface area contributed by atoms with Crippen molar-refractivity contribution in [3.05, 3.63) is 40.6 Å². The van der Waals surface area contributed by atoms with Gasteiger partial charge in [0.2, 0.25) is 6.04 Å². The highest BCUT2D eigenvalue weighted by molar-refractivity contribution is 5.91. The van der Waals surface area contributed by atoms with Gasteiger partial charge in [-0.25, -0.2) is 0 Å². The van der Waals surface area contributed by atoms with E-state index in [2.05, 4.69) is 15.1 Å². The zero-order valence-electron chi connectivity index (χ0n) is 13.6. The van der Waals surface area contributed by atoms with Crippen LogP contribution in [0, 0.1) is 16.0 Å². The van der Waals surface area contributed by atoms with Crippen molar-refractivity contribution in [3.63, 3.8) is 0 Å². The molecule has 0 unspecified atom stereocenters. The maximum absolute atomic E-state index is 12.0. The Morgan fingerprint density at radius 2 is 2.04 bits per heavy atom. The van der Waals surface area contributed by atoms with Crippen LogP contribution in [0.15, 0.2) is 30.5 Å². The number of fused-ring (bicyclic) bond motifs is 1. The van der Waals surface area contributed by atoms with Crippen molar-refractivity contribution in [1.29, 1.82) is 0 Å². The SMILES string of the molecule is O=C(OC1CCN(c2nncc3ccccc23)CC1)[C@H]1C[C@@H]1[N+](=O)[O-]. The second-order valence-electron chi connectivity index (χ2n) is 6.57. The molecule has 2 heterocycles. The van der Waals surface area contributed by atoms with Crippen LogP contribution in [0.2, 0.25) is 0 Å². The van der Waals surface area contributed by atoms with Gasteiger partial charge < -0.3 is 9.64 Å². The van der Waals surface area contributed by atoms with Crippen LogP contribution < -0.4 is 4.90 Å². The number of carbonyl (C=O) groups excluding carboxylic acids is 1. The minimum atomic E-state index is -0.751. The highest BCUT2D eigenvalue weighted by atomic mass is 16.6. The molecular formula is C17H18N4O4. The van der Waals surface area contributed by atoms with Crippen molar-refractivity contribution in [2.45, 2.75) is 31.4 Å². The normalized spacial score (nSPS) is 23.4. The first-order valence-corrected chi connectivity index (χ1v) is 8.43. The van der Waals surface area contributed by atoms with Gasteiger partial charge in [-0.2, -0.15) is 5.10 Å². The van der Waals surface area contributed by atoms with Crippen molar-refractivity contribution in [2.24, 2.45) is 5.92 Å². The topological polar surface area (TPSA) is 98.5 Å². The summed E-state index contributed by atoms with van der Waals surface area (Å²) in [5.74, 6) is -0.138. The molecule has 1 aromatic carbocycles. The molecule has 1 aliphatic heterocycles. The molecule has 2 fully saturated rings. The number of benzene rings is 1. The van der Waals surface area contributed by atoms with Crippen LogP contribution in [-0.2, 0) is 9.53 Å². The van der Waals surface area contributed by atoms with Crippen molar-refractivity contribution in [2.75, 3.05) is 18.0 Å². The summed E-state index contributed by atoms with van der Waals surface area (Å²) in [6, 6.07) is 7.22. The third kappa shape index (κ3) is 3.11. The average Bonchev–Trinajstić information content (AvgIpc) is 3.43. The molecule has 4 rings (SSSR count). The Bertz CT molecular complexity index is 814. The Morgan fingerprint density at radius 1 is 1.28 bits per heavy atom. The van der Waals surface area contributed by atoms with Crippen LogP contribution in [0.5, 0.6) is 0 Å². The number of aromatic nitrogens is 2. The number of rotatable bonds is 4. The van der Waals surface area contributed by atoms with Crippen LogP contribution in [0.1, 0.15) is 19.3 Å². The molecule has 0 amide bonds. The molecule has 0 spiro atoms. The van der Waals surface area contributed by atoms with E-state index < -0.39 is 22.9 Å². The van der Waals surface area contributed by atoms with Gasteiger partial charge >= 0.3 is 5.97 Å². The molecule has 2 aliphatic rings. The lowest BCUT2D eigenvalue weighted by atomic mass is 10.1. The first-order chi connectivity index (χ1) is 12.1. The monoisotopic (exact) mass is 342 g/mol. The maximum Gasteiger partial charge on any atom is 0.316 e. The van der Waals surface area contributed by atoms with E-state index in [-0.39, 0.29) is 6.10 Å². The molecule has 0 N–H and O–H groups in total. The lowest BCUT2D eigenvalue weighted by Crippen LogP contribution is -2.38. The molecule has 1 saturated carbocycles. The summed E-state index contributed by atoms with van der Waals surface area (Å²) in [5, 5.41) is 21.1.